The number of furan rings is 1. The maximum Gasteiger partial charge on any atom is 0.164 e. The fraction of sp³-hybridized carbons (Fsp3) is 0.0682. The van der Waals surface area contributed by atoms with Crippen molar-refractivity contribution in [1.29, 1.82) is 0 Å². The van der Waals surface area contributed by atoms with Crippen molar-refractivity contribution in [3.05, 3.63) is 157 Å². The summed E-state index contributed by atoms with van der Waals surface area (Å²) >= 11 is 0. The third-order valence-electron chi connectivity index (χ3n) is 9.28. The number of fused-ring (bicyclic) bond motifs is 4. The SMILES string of the molecule is CC1C=CC(c2ccc(-c3cccc4oc5cccc(-c6nc(-c7ccccc7)nc(-c7ccc8ccccc8c7)n6)c5c34)cc2)=CC1. The summed E-state index contributed by atoms with van der Waals surface area (Å²) in [5, 5.41) is 4.36. The quantitative estimate of drug-likeness (QED) is 0.193. The molecule has 0 N–H and O–H groups in total. The Bertz CT molecular complexity index is 2540. The van der Waals surface area contributed by atoms with Gasteiger partial charge in [-0.15, -0.1) is 0 Å². The van der Waals surface area contributed by atoms with Gasteiger partial charge in [-0.05, 0) is 63.6 Å². The van der Waals surface area contributed by atoms with Gasteiger partial charge in [-0.1, -0.05) is 140 Å². The lowest BCUT2D eigenvalue weighted by Crippen LogP contribution is -2.00. The van der Waals surface area contributed by atoms with Crippen molar-refractivity contribution in [3.8, 4) is 45.3 Å². The molecule has 0 saturated carbocycles. The molecule has 0 spiro atoms. The van der Waals surface area contributed by atoms with Crippen molar-refractivity contribution in [1.82, 2.24) is 15.0 Å². The number of hydrogen-bond acceptors (Lipinski definition) is 4. The van der Waals surface area contributed by atoms with E-state index in [1.54, 1.807) is 0 Å². The van der Waals surface area contributed by atoms with Crippen molar-refractivity contribution in [3.63, 3.8) is 0 Å². The first-order chi connectivity index (χ1) is 23.7. The molecule has 9 rings (SSSR count). The molecular weight excluding hydrogens is 587 g/mol. The van der Waals surface area contributed by atoms with E-state index in [2.05, 4.69) is 110 Å². The molecule has 1 aliphatic carbocycles. The second-order valence-electron chi connectivity index (χ2n) is 12.5. The summed E-state index contributed by atoms with van der Waals surface area (Å²) in [6.45, 7) is 2.25. The molecule has 1 unspecified atom stereocenters. The van der Waals surface area contributed by atoms with Crippen molar-refractivity contribution in [2.45, 2.75) is 13.3 Å². The average Bonchev–Trinajstić information content (AvgIpc) is 3.55. The summed E-state index contributed by atoms with van der Waals surface area (Å²) in [5.41, 5.74) is 9.16. The van der Waals surface area contributed by atoms with Crippen molar-refractivity contribution >= 4 is 38.3 Å². The Balaban J connectivity index is 1.23. The molecule has 0 radical (unpaired) electrons. The highest BCUT2D eigenvalue weighted by molar-refractivity contribution is 6.17. The van der Waals surface area contributed by atoms with E-state index in [4.69, 9.17) is 19.4 Å². The molecule has 4 heteroatoms. The van der Waals surface area contributed by atoms with Gasteiger partial charge in [0.05, 0.1) is 0 Å². The van der Waals surface area contributed by atoms with Crippen LogP contribution in [0.25, 0.3) is 83.6 Å². The molecule has 0 fully saturated rings. The zero-order valence-corrected chi connectivity index (χ0v) is 26.5. The van der Waals surface area contributed by atoms with Crippen LogP contribution in [0.15, 0.2) is 156 Å². The topological polar surface area (TPSA) is 51.8 Å². The van der Waals surface area contributed by atoms with E-state index in [-0.39, 0.29) is 0 Å². The van der Waals surface area contributed by atoms with Gasteiger partial charge in [-0.3, -0.25) is 0 Å². The second-order valence-corrected chi connectivity index (χ2v) is 12.5. The van der Waals surface area contributed by atoms with Gasteiger partial charge in [0, 0.05) is 27.5 Å². The Hall–Kier alpha value is -6.13. The highest BCUT2D eigenvalue weighted by Crippen LogP contribution is 2.41. The molecule has 0 bridgehead atoms. The molecule has 228 valence electrons. The first kappa shape index (κ1) is 28.1. The number of hydrogen-bond donors (Lipinski definition) is 0. The highest BCUT2D eigenvalue weighted by Gasteiger charge is 2.20. The summed E-state index contributed by atoms with van der Waals surface area (Å²) in [5.74, 6) is 2.46. The first-order valence-corrected chi connectivity index (χ1v) is 16.4. The lowest BCUT2D eigenvalue weighted by Gasteiger charge is -2.13. The number of benzene rings is 6. The smallest absolute Gasteiger partial charge is 0.164 e. The number of allylic oxidation sites excluding steroid dienone is 4. The van der Waals surface area contributed by atoms with Crippen molar-refractivity contribution in [2.24, 2.45) is 5.92 Å². The molecule has 0 saturated heterocycles. The third kappa shape index (κ3) is 4.99. The van der Waals surface area contributed by atoms with Crippen LogP contribution in [0.1, 0.15) is 18.9 Å². The molecule has 1 aliphatic rings. The molecule has 48 heavy (non-hydrogen) atoms. The summed E-state index contributed by atoms with van der Waals surface area (Å²) in [4.78, 5) is 15.2. The molecular formula is C44H31N3O. The largest absolute Gasteiger partial charge is 0.456 e. The standard InChI is InChI=1S/C44H31N3O/c1-28-17-19-30(20-18-28)31-21-24-32(25-22-31)36-13-7-15-38-40(36)41-37(14-8-16-39(41)48-38)44-46-42(33-10-3-2-4-11-33)45-43(47-44)35-26-23-29-9-5-6-12-34(29)27-35/h2-17,19-28H,18H2,1H3. The van der Waals surface area contributed by atoms with Crippen LogP contribution >= 0.6 is 0 Å². The van der Waals surface area contributed by atoms with Gasteiger partial charge in [0.15, 0.2) is 17.5 Å². The van der Waals surface area contributed by atoms with Gasteiger partial charge in [0.1, 0.15) is 11.2 Å². The second kappa shape index (κ2) is 11.6. The third-order valence-corrected chi connectivity index (χ3v) is 9.28. The lowest BCUT2D eigenvalue weighted by atomic mass is 9.92. The fourth-order valence-electron chi connectivity index (χ4n) is 6.75. The van der Waals surface area contributed by atoms with E-state index in [0.717, 1.165) is 61.6 Å². The summed E-state index contributed by atoms with van der Waals surface area (Å²) < 4.78 is 6.49. The molecule has 4 nitrogen and oxygen atoms in total. The minimum absolute atomic E-state index is 0.589. The van der Waals surface area contributed by atoms with E-state index in [0.29, 0.717) is 23.4 Å². The zero-order valence-electron chi connectivity index (χ0n) is 26.5. The van der Waals surface area contributed by atoms with Crippen LogP contribution in [0.4, 0.5) is 0 Å². The molecule has 8 aromatic rings. The van der Waals surface area contributed by atoms with Crippen molar-refractivity contribution in [2.75, 3.05) is 0 Å². The number of rotatable bonds is 5. The maximum absolute atomic E-state index is 6.49. The van der Waals surface area contributed by atoms with Crippen molar-refractivity contribution < 1.29 is 4.42 Å². The van der Waals surface area contributed by atoms with Gasteiger partial charge in [0.2, 0.25) is 0 Å². The van der Waals surface area contributed by atoms with Crippen LogP contribution in [0.5, 0.6) is 0 Å². The van der Waals surface area contributed by atoms with Gasteiger partial charge < -0.3 is 4.42 Å². The lowest BCUT2D eigenvalue weighted by molar-refractivity contribution is 0.669. The Labute approximate surface area is 278 Å². The summed E-state index contributed by atoms with van der Waals surface area (Å²) in [6.07, 6.45) is 7.94. The fourth-order valence-corrected chi connectivity index (χ4v) is 6.75. The van der Waals surface area contributed by atoms with Crippen LogP contribution in [0, 0.1) is 5.92 Å². The Morgan fingerprint density at radius 2 is 1.15 bits per heavy atom. The Morgan fingerprint density at radius 1 is 0.521 bits per heavy atom. The summed E-state index contributed by atoms with van der Waals surface area (Å²) in [6, 6.07) is 46.1. The van der Waals surface area contributed by atoms with E-state index in [9.17, 15) is 0 Å². The summed E-state index contributed by atoms with van der Waals surface area (Å²) in [7, 11) is 0. The number of aromatic nitrogens is 3. The van der Waals surface area contributed by atoms with E-state index in [1.807, 2.05) is 48.5 Å². The van der Waals surface area contributed by atoms with Gasteiger partial charge >= 0.3 is 0 Å². The van der Waals surface area contributed by atoms with Crippen LogP contribution in [-0.2, 0) is 0 Å². The highest BCUT2D eigenvalue weighted by atomic mass is 16.3. The molecule has 0 aliphatic heterocycles. The molecule has 0 amide bonds. The average molecular weight is 618 g/mol. The predicted molar refractivity (Wildman–Crippen MR) is 197 cm³/mol. The Kier molecular flexibility index (Phi) is 6.79. The van der Waals surface area contributed by atoms with E-state index < -0.39 is 0 Å². The minimum Gasteiger partial charge on any atom is -0.456 e. The van der Waals surface area contributed by atoms with Crippen LogP contribution in [-0.4, -0.2) is 15.0 Å². The maximum atomic E-state index is 6.49. The van der Waals surface area contributed by atoms with E-state index in [1.165, 1.54) is 16.5 Å². The van der Waals surface area contributed by atoms with Crippen LogP contribution < -0.4 is 0 Å². The minimum atomic E-state index is 0.589. The predicted octanol–water partition coefficient (Wildman–Crippen LogP) is 11.6. The van der Waals surface area contributed by atoms with E-state index >= 15 is 0 Å². The van der Waals surface area contributed by atoms with Crippen LogP contribution in [0.2, 0.25) is 0 Å². The number of nitrogens with zero attached hydrogens (tertiary/aromatic N) is 3. The molecule has 2 aromatic heterocycles. The molecule has 2 heterocycles. The normalized spacial score (nSPS) is 14.5. The van der Waals surface area contributed by atoms with Gasteiger partial charge in [-0.2, -0.15) is 0 Å². The van der Waals surface area contributed by atoms with Gasteiger partial charge in [-0.25, -0.2) is 15.0 Å². The zero-order chi connectivity index (χ0) is 32.0. The van der Waals surface area contributed by atoms with Gasteiger partial charge in [0.25, 0.3) is 0 Å². The monoisotopic (exact) mass is 617 g/mol. The molecule has 6 aromatic carbocycles. The van der Waals surface area contributed by atoms with Crippen LogP contribution in [0.3, 0.4) is 0 Å². The molecule has 1 atom stereocenters. The Morgan fingerprint density at radius 3 is 1.90 bits per heavy atom. The first-order valence-electron chi connectivity index (χ1n) is 16.4.